The molecule has 1 N–H and O–H groups in total. The van der Waals surface area contributed by atoms with Crippen molar-refractivity contribution >= 4 is 34.8 Å². The van der Waals surface area contributed by atoms with E-state index < -0.39 is 5.91 Å². The van der Waals surface area contributed by atoms with Crippen molar-refractivity contribution in [3.05, 3.63) is 52.3 Å². The summed E-state index contributed by atoms with van der Waals surface area (Å²) in [4.78, 5) is 12.7. The smallest absolute Gasteiger partial charge is 0.257 e. The van der Waals surface area contributed by atoms with E-state index in [9.17, 15) is 4.79 Å². The Morgan fingerprint density at radius 3 is 2.50 bits per heavy atom. The van der Waals surface area contributed by atoms with E-state index in [-0.39, 0.29) is 10.6 Å². The van der Waals surface area contributed by atoms with Crippen molar-refractivity contribution in [2.75, 3.05) is 19.5 Å². The third-order valence-electron chi connectivity index (χ3n) is 3.53. The minimum absolute atomic E-state index is 0.244. The van der Waals surface area contributed by atoms with E-state index in [0.717, 1.165) is 0 Å². The second-order valence-electron chi connectivity index (χ2n) is 5.06. The van der Waals surface area contributed by atoms with Crippen molar-refractivity contribution in [2.45, 2.75) is 0 Å². The van der Waals surface area contributed by atoms with Crippen molar-refractivity contribution in [2.24, 2.45) is 0 Å². The highest BCUT2D eigenvalue weighted by Crippen LogP contribution is 2.36. The minimum Gasteiger partial charge on any atom is -0.495 e. The lowest BCUT2D eigenvalue weighted by atomic mass is 10.1. The van der Waals surface area contributed by atoms with Crippen LogP contribution < -0.4 is 14.8 Å². The van der Waals surface area contributed by atoms with E-state index in [2.05, 4.69) is 20.8 Å². The molecule has 134 valence electrons. The van der Waals surface area contributed by atoms with Gasteiger partial charge in [-0.3, -0.25) is 4.79 Å². The van der Waals surface area contributed by atoms with Gasteiger partial charge in [-0.25, -0.2) is 4.68 Å². The first-order valence-electron chi connectivity index (χ1n) is 7.29. The summed E-state index contributed by atoms with van der Waals surface area (Å²) in [6.07, 6.45) is 1.41. The van der Waals surface area contributed by atoms with Gasteiger partial charge in [0.05, 0.1) is 41.2 Å². The molecule has 0 spiro atoms. The molecule has 0 aliphatic rings. The van der Waals surface area contributed by atoms with Crippen LogP contribution in [0.3, 0.4) is 0 Å². The first kappa shape index (κ1) is 18.0. The van der Waals surface area contributed by atoms with Crippen LogP contribution in [0.5, 0.6) is 11.5 Å². The molecule has 10 heteroatoms. The normalized spacial score (nSPS) is 10.5. The van der Waals surface area contributed by atoms with Crippen LogP contribution in [0.2, 0.25) is 10.0 Å². The molecule has 1 amide bonds. The molecule has 0 aliphatic carbocycles. The maximum absolute atomic E-state index is 12.7. The van der Waals surface area contributed by atoms with Gasteiger partial charge in [0, 0.05) is 6.07 Å². The summed E-state index contributed by atoms with van der Waals surface area (Å²) in [6, 6.07) is 7.98. The molecular weight excluding hydrogens is 381 g/mol. The molecule has 0 saturated carbocycles. The number of tetrazole rings is 1. The number of aromatic nitrogens is 4. The molecule has 3 aromatic rings. The lowest BCUT2D eigenvalue weighted by Crippen LogP contribution is -2.14. The van der Waals surface area contributed by atoms with Crippen LogP contribution in [0.15, 0.2) is 36.7 Å². The number of carbonyl (C=O) groups excluding carboxylic acids is 1. The van der Waals surface area contributed by atoms with E-state index in [1.165, 1.54) is 31.3 Å². The van der Waals surface area contributed by atoms with Gasteiger partial charge in [-0.05, 0) is 34.7 Å². The molecule has 0 aliphatic heterocycles. The molecule has 3 rings (SSSR count). The maximum Gasteiger partial charge on any atom is 0.257 e. The first-order valence-corrected chi connectivity index (χ1v) is 8.05. The number of halogens is 2. The molecule has 0 radical (unpaired) electrons. The van der Waals surface area contributed by atoms with Gasteiger partial charge in [-0.1, -0.05) is 23.2 Å². The Balaban J connectivity index is 1.94. The molecule has 26 heavy (non-hydrogen) atoms. The first-order chi connectivity index (χ1) is 12.5. The second-order valence-corrected chi connectivity index (χ2v) is 5.87. The molecule has 0 unspecified atom stereocenters. The number of ether oxygens (including phenoxy) is 2. The largest absolute Gasteiger partial charge is 0.495 e. The van der Waals surface area contributed by atoms with Crippen LogP contribution >= 0.6 is 23.2 Å². The van der Waals surface area contributed by atoms with Crippen LogP contribution in [-0.4, -0.2) is 40.3 Å². The number of hydrogen-bond acceptors (Lipinski definition) is 6. The molecule has 1 aromatic heterocycles. The number of nitrogens with one attached hydrogen (secondary N) is 1. The lowest BCUT2D eigenvalue weighted by Gasteiger charge is -2.14. The molecule has 2 aromatic carbocycles. The molecule has 1 heterocycles. The predicted octanol–water partition coefficient (Wildman–Crippen LogP) is 3.24. The molecule has 0 bridgehead atoms. The zero-order valence-corrected chi connectivity index (χ0v) is 15.2. The Labute approximate surface area is 158 Å². The summed E-state index contributed by atoms with van der Waals surface area (Å²) in [6.45, 7) is 0. The van der Waals surface area contributed by atoms with Gasteiger partial charge in [-0.15, -0.1) is 5.10 Å². The minimum atomic E-state index is -0.440. The Hall–Kier alpha value is -2.84. The third kappa shape index (κ3) is 3.56. The summed E-state index contributed by atoms with van der Waals surface area (Å²) >= 11 is 12.3. The van der Waals surface area contributed by atoms with Crippen LogP contribution in [0.4, 0.5) is 5.69 Å². The molecule has 8 nitrogen and oxygen atoms in total. The standard InChI is InChI=1S/C16H13Cl2N5O3/c1-25-14-7-15(26-2)13(6-12(14)18)20-16(24)10-5-9(3-4-11(10)17)23-8-19-21-22-23/h3-8H,1-2H3,(H,20,24). The second kappa shape index (κ2) is 7.59. The Kier molecular flexibility index (Phi) is 5.24. The Bertz CT molecular complexity index is 947. The lowest BCUT2D eigenvalue weighted by molar-refractivity contribution is 0.102. The maximum atomic E-state index is 12.7. The number of benzene rings is 2. The SMILES string of the molecule is COc1cc(OC)c(NC(=O)c2cc(-n3cnnn3)ccc2Cl)cc1Cl. The molecule has 0 saturated heterocycles. The number of anilines is 1. The number of methoxy groups -OCH3 is 2. The summed E-state index contributed by atoms with van der Waals surface area (Å²) < 4.78 is 11.8. The highest BCUT2D eigenvalue weighted by molar-refractivity contribution is 6.35. The highest BCUT2D eigenvalue weighted by atomic mass is 35.5. The van der Waals surface area contributed by atoms with Crippen LogP contribution in [-0.2, 0) is 0 Å². The van der Waals surface area contributed by atoms with Gasteiger partial charge in [-0.2, -0.15) is 0 Å². The highest BCUT2D eigenvalue weighted by Gasteiger charge is 2.17. The fourth-order valence-corrected chi connectivity index (χ4v) is 2.70. The van der Waals surface area contributed by atoms with E-state index in [4.69, 9.17) is 32.7 Å². The van der Waals surface area contributed by atoms with Crippen molar-refractivity contribution in [3.63, 3.8) is 0 Å². The third-order valence-corrected chi connectivity index (χ3v) is 4.16. The Morgan fingerprint density at radius 1 is 1.08 bits per heavy atom. The van der Waals surface area contributed by atoms with Crippen molar-refractivity contribution in [1.82, 2.24) is 20.2 Å². The van der Waals surface area contributed by atoms with E-state index in [0.29, 0.717) is 27.9 Å². The van der Waals surface area contributed by atoms with E-state index in [1.54, 1.807) is 24.3 Å². The number of nitrogens with zero attached hydrogens (tertiary/aromatic N) is 4. The van der Waals surface area contributed by atoms with Crippen molar-refractivity contribution in [3.8, 4) is 17.2 Å². The van der Waals surface area contributed by atoms with Gasteiger partial charge in [0.25, 0.3) is 5.91 Å². The monoisotopic (exact) mass is 393 g/mol. The van der Waals surface area contributed by atoms with Gasteiger partial charge < -0.3 is 14.8 Å². The molecule has 0 fully saturated rings. The van der Waals surface area contributed by atoms with E-state index in [1.807, 2.05) is 0 Å². The zero-order valence-electron chi connectivity index (χ0n) is 13.7. The van der Waals surface area contributed by atoms with Gasteiger partial charge in [0.15, 0.2) is 0 Å². The van der Waals surface area contributed by atoms with Crippen LogP contribution in [0, 0.1) is 0 Å². The number of carbonyl (C=O) groups is 1. The fraction of sp³-hybridized carbons (Fsp3) is 0.125. The summed E-state index contributed by atoms with van der Waals surface area (Å²) in [5.74, 6) is 0.386. The quantitative estimate of drug-likeness (QED) is 0.715. The predicted molar refractivity (Wildman–Crippen MR) is 96.7 cm³/mol. The fourth-order valence-electron chi connectivity index (χ4n) is 2.26. The van der Waals surface area contributed by atoms with Gasteiger partial charge in [0.1, 0.15) is 17.8 Å². The number of rotatable bonds is 5. The Morgan fingerprint density at radius 2 is 1.85 bits per heavy atom. The average Bonchev–Trinajstić information content (AvgIpc) is 3.17. The molecule has 0 atom stereocenters. The van der Waals surface area contributed by atoms with E-state index >= 15 is 0 Å². The van der Waals surface area contributed by atoms with Crippen LogP contribution in [0.1, 0.15) is 10.4 Å². The zero-order chi connectivity index (χ0) is 18.7. The molecular formula is C16H13Cl2N5O3. The number of hydrogen-bond donors (Lipinski definition) is 1. The average molecular weight is 394 g/mol. The topological polar surface area (TPSA) is 91.2 Å². The summed E-state index contributed by atoms with van der Waals surface area (Å²) in [5, 5.41) is 14.3. The van der Waals surface area contributed by atoms with Gasteiger partial charge >= 0.3 is 0 Å². The van der Waals surface area contributed by atoms with Crippen molar-refractivity contribution in [1.29, 1.82) is 0 Å². The summed E-state index contributed by atoms with van der Waals surface area (Å²) in [5.41, 5.74) is 1.21. The summed E-state index contributed by atoms with van der Waals surface area (Å²) in [7, 11) is 2.97. The number of amides is 1. The van der Waals surface area contributed by atoms with Crippen LogP contribution in [0.25, 0.3) is 5.69 Å². The van der Waals surface area contributed by atoms with Crippen molar-refractivity contribution < 1.29 is 14.3 Å². The van der Waals surface area contributed by atoms with Gasteiger partial charge in [0.2, 0.25) is 0 Å².